The quantitative estimate of drug-likeness (QED) is 0.804. The molecule has 0 bridgehead atoms. The van der Waals surface area contributed by atoms with E-state index in [1.807, 2.05) is 38.1 Å². The van der Waals surface area contributed by atoms with Crippen LogP contribution in [0.3, 0.4) is 0 Å². The molecule has 3 aromatic rings. The van der Waals surface area contributed by atoms with E-state index in [-0.39, 0.29) is 0 Å². The molecular weight excluding hydrogens is 298 g/mol. The maximum absolute atomic E-state index is 12.5. The Labute approximate surface area is 131 Å². The third-order valence-corrected chi connectivity index (χ3v) is 4.63. The maximum Gasteiger partial charge on any atom is 0.197 e. The van der Waals surface area contributed by atoms with Crippen LogP contribution in [0.4, 0.5) is 0 Å². The van der Waals surface area contributed by atoms with Crippen molar-refractivity contribution in [2.45, 2.75) is 24.8 Å². The van der Waals surface area contributed by atoms with Gasteiger partial charge in [-0.25, -0.2) is 4.98 Å². The number of aromatic amines is 1. The van der Waals surface area contributed by atoms with Gasteiger partial charge in [-0.15, -0.1) is 0 Å². The molecule has 0 saturated heterocycles. The van der Waals surface area contributed by atoms with Crippen LogP contribution in [0, 0.1) is 13.8 Å². The monoisotopic (exact) mass is 315 g/mol. The molecule has 0 unspecified atom stereocenters. The summed E-state index contributed by atoms with van der Waals surface area (Å²) in [6.07, 6.45) is 1.79. The van der Waals surface area contributed by atoms with E-state index < -0.39 is 10.8 Å². The zero-order valence-electron chi connectivity index (χ0n) is 12.7. The van der Waals surface area contributed by atoms with E-state index in [2.05, 4.69) is 15.0 Å². The lowest BCUT2D eigenvalue weighted by Crippen LogP contribution is -2.03. The second kappa shape index (κ2) is 5.88. The van der Waals surface area contributed by atoms with Crippen LogP contribution < -0.4 is 4.74 Å². The number of nitrogens with one attached hydrogen (secondary N) is 1. The second-order valence-corrected chi connectivity index (χ2v) is 6.56. The fourth-order valence-corrected chi connectivity index (χ4v) is 3.40. The van der Waals surface area contributed by atoms with Crippen molar-refractivity contribution in [2.24, 2.45) is 0 Å². The Kier molecular flexibility index (Phi) is 3.94. The molecule has 0 amide bonds. The summed E-state index contributed by atoms with van der Waals surface area (Å²) in [5, 5.41) is 0.463. The number of pyridine rings is 1. The van der Waals surface area contributed by atoms with Crippen LogP contribution in [0.25, 0.3) is 11.0 Å². The molecule has 114 valence electrons. The van der Waals surface area contributed by atoms with Crippen molar-refractivity contribution in [3.8, 4) is 5.75 Å². The van der Waals surface area contributed by atoms with E-state index in [4.69, 9.17) is 4.74 Å². The van der Waals surface area contributed by atoms with Gasteiger partial charge in [-0.2, -0.15) is 0 Å². The molecule has 6 heteroatoms. The van der Waals surface area contributed by atoms with Gasteiger partial charge in [0.25, 0.3) is 0 Å². The molecule has 5 nitrogen and oxygen atoms in total. The Balaban J connectivity index is 1.88. The number of hydrogen-bond donors (Lipinski definition) is 1. The molecule has 22 heavy (non-hydrogen) atoms. The number of aryl methyl sites for hydroxylation is 2. The Bertz CT molecular complexity index is 858. The lowest BCUT2D eigenvalue weighted by Gasteiger charge is -2.04. The van der Waals surface area contributed by atoms with Crippen LogP contribution in [-0.2, 0) is 16.6 Å². The summed E-state index contributed by atoms with van der Waals surface area (Å²) in [5.74, 6) is 1.09. The van der Waals surface area contributed by atoms with Crippen LogP contribution in [0.1, 0.15) is 16.8 Å². The highest BCUT2D eigenvalue weighted by Gasteiger charge is 2.13. The van der Waals surface area contributed by atoms with Crippen molar-refractivity contribution in [3.05, 3.63) is 47.3 Å². The highest BCUT2D eigenvalue weighted by Crippen LogP contribution is 2.21. The first kappa shape index (κ1) is 14.7. The van der Waals surface area contributed by atoms with Gasteiger partial charge in [0.1, 0.15) is 5.75 Å². The third-order valence-electron chi connectivity index (χ3n) is 3.47. The molecule has 1 aromatic carbocycles. The molecule has 0 aliphatic heterocycles. The first-order valence-electron chi connectivity index (χ1n) is 6.91. The summed E-state index contributed by atoms with van der Waals surface area (Å²) in [6, 6.07) is 7.57. The van der Waals surface area contributed by atoms with Crippen molar-refractivity contribution in [2.75, 3.05) is 7.11 Å². The average Bonchev–Trinajstić information content (AvgIpc) is 2.93. The van der Waals surface area contributed by atoms with Crippen molar-refractivity contribution in [3.63, 3.8) is 0 Å². The van der Waals surface area contributed by atoms with Crippen molar-refractivity contribution >= 4 is 21.8 Å². The van der Waals surface area contributed by atoms with Gasteiger partial charge < -0.3 is 9.72 Å². The minimum atomic E-state index is -1.26. The highest BCUT2D eigenvalue weighted by molar-refractivity contribution is 7.84. The van der Waals surface area contributed by atoms with Crippen molar-refractivity contribution < 1.29 is 8.95 Å². The Morgan fingerprint density at radius 1 is 1.27 bits per heavy atom. The lowest BCUT2D eigenvalue weighted by molar-refractivity contribution is 0.415. The minimum absolute atomic E-state index is 0.350. The van der Waals surface area contributed by atoms with Gasteiger partial charge in [0.2, 0.25) is 0 Å². The average molecular weight is 315 g/mol. The Morgan fingerprint density at radius 2 is 2.09 bits per heavy atom. The van der Waals surface area contributed by atoms with E-state index in [0.29, 0.717) is 10.9 Å². The van der Waals surface area contributed by atoms with Crippen LogP contribution >= 0.6 is 0 Å². The summed E-state index contributed by atoms with van der Waals surface area (Å²) in [4.78, 5) is 11.9. The van der Waals surface area contributed by atoms with Gasteiger partial charge >= 0.3 is 0 Å². The zero-order chi connectivity index (χ0) is 15.7. The van der Waals surface area contributed by atoms with E-state index in [1.54, 1.807) is 13.3 Å². The number of rotatable bonds is 4. The normalized spacial score (nSPS) is 12.5. The Morgan fingerprint density at radius 3 is 2.82 bits per heavy atom. The van der Waals surface area contributed by atoms with Crippen molar-refractivity contribution in [1.82, 2.24) is 15.0 Å². The predicted octanol–water partition coefficient (Wildman–Crippen LogP) is 2.89. The smallest absolute Gasteiger partial charge is 0.197 e. The van der Waals surface area contributed by atoms with Crippen molar-refractivity contribution in [1.29, 1.82) is 0 Å². The van der Waals surface area contributed by atoms with Gasteiger partial charge in [-0.3, -0.25) is 9.19 Å². The molecule has 0 spiro atoms. The van der Waals surface area contributed by atoms with E-state index in [1.165, 1.54) is 0 Å². The number of fused-ring (bicyclic) bond motifs is 1. The summed E-state index contributed by atoms with van der Waals surface area (Å²) in [5.41, 5.74) is 4.57. The number of methoxy groups -OCH3 is 1. The minimum Gasteiger partial charge on any atom is -0.497 e. The van der Waals surface area contributed by atoms with Gasteiger partial charge in [0.15, 0.2) is 5.16 Å². The first-order chi connectivity index (χ1) is 10.6. The van der Waals surface area contributed by atoms with Gasteiger partial charge in [0, 0.05) is 12.3 Å². The summed E-state index contributed by atoms with van der Waals surface area (Å²) >= 11 is 0. The SMILES string of the molecule is COc1ccc2nc([S@](=O)Cc3ncc(C)cc3C)[nH]c2c1. The summed E-state index contributed by atoms with van der Waals surface area (Å²) < 4.78 is 17.7. The number of benzene rings is 1. The molecule has 3 rings (SSSR count). The van der Waals surface area contributed by atoms with Crippen LogP contribution in [0.15, 0.2) is 35.6 Å². The van der Waals surface area contributed by atoms with Gasteiger partial charge in [0.05, 0.1) is 40.4 Å². The highest BCUT2D eigenvalue weighted by atomic mass is 32.2. The number of hydrogen-bond acceptors (Lipinski definition) is 4. The largest absolute Gasteiger partial charge is 0.497 e. The standard InChI is InChI=1S/C16H17N3O2S/c1-10-6-11(2)15(17-8-10)9-22(20)16-18-13-5-4-12(21-3)7-14(13)19-16/h4-8H,9H2,1-3H3,(H,18,19)/t22-/m1/s1. The molecule has 0 aliphatic carbocycles. The fraction of sp³-hybridized carbons (Fsp3) is 0.250. The molecule has 2 aromatic heterocycles. The molecular formula is C16H17N3O2S. The molecule has 0 radical (unpaired) electrons. The predicted molar refractivity (Wildman–Crippen MR) is 86.5 cm³/mol. The first-order valence-corrected chi connectivity index (χ1v) is 8.23. The summed E-state index contributed by atoms with van der Waals surface area (Å²) in [7, 11) is 0.351. The molecule has 1 N–H and O–H groups in total. The molecule has 0 saturated carbocycles. The number of ether oxygens (including phenoxy) is 1. The maximum atomic E-state index is 12.5. The number of imidazole rings is 1. The molecule has 1 atom stereocenters. The second-order valence-electron chi connectivity index (χ2n) is 5.19. The van der Waals surface area contributed by atoms with Crippen LogP contribution in [-0.4, -0.2) is 26.3 Å². The van der Waals surface area contributed by atoms with Crippen LogP contribution in [0.2, 0.25) is 0 Å². The van der Waals surface area contributed by atoms with E-state index in [9.17, 15) is 4.21 Å². The number of nitrogens with zero attached hydrogens (tertiary/aromatic N) is 2. The van der Waals surface area contributed by atoms with Crippen LogP contribution in [0.5, 0.6) is 5.75 Å². The summed E-state index contributed by atoms with van der Waals surface area (Å²) in [6.45, 7) is 3.98. The lowest BCUT2D eigenvalue weighted by atomic mass is 10.2. The molecule has 0 fully saturated rings. The van der Waals surface area contributed by atoms with E-state index >= 15 is 0 Å². The molecule has 0 aliphatic rings. The third kappa shape index (κ3) is 2.87. The molecule has 2 heterocycles. The number of H-pyrrole nitrogens is 1. The number of aromatic nitrogens is 3. The van der Waals surface area contributed by atoms with Gasteiger partial charge in [-0.1, -0.05) is 6.07 Å². The topological polar surface area (TPSA) is 67.9 Å². The fourth-order valence-electron chi connectivity index (χ4n) is 2.29. The van der Waals surface area contributed by atoms with Gasteiger partial charge in [-0.05, 0) is 37.1 Å². The Hall–Kier alpha value is -2.21. The van der Waals surface area contributed by atoms with E-state index in [0.717, 1.165) is 33.6 Å². The zero-order valence-corrected chi connectivity index (χ0v) is 13.5.